The molecule has 0 aromatic carbocycles. The third-order valence-electron chi connectivity index (χ3n) is 4.90. The van der Waals surface area contributed by atoms with Crippen LogP contribution in [-0.2, 0) is 9.47 Å². The third kappa shape index (κ3) is 4.35. The summed E-state index contributed by atoms with van der Waals surface area (Å²) in [7, 11) is 0. The van der Waals surface area contributed by atoms with Crippen LogP contribution < -0.4 is 5.32 Å². The molecular weight excluding hydrogens is 342 g/mol. The van der Waals surface area contributed by atoms with E-state index < -0.39 is 0 Å². The Morgan fingerprint density at radius 3 is 2.96 bits per heavy atom. The molecule has 1 saturated carbocycles. The van der Waals surface area contributed by atoms with Gasteiger partial charge in [0.25, 0.3) is 0 Å². The summed E-state index contributed by atoms with van der Waals surface area (Å²) in [4.78, 5) is 8.84. The molecule has 0 saturated heterocycles. The topological polar surface area (TPSA) is 76.5 Å². The molecule has 2 heterocycles. The zero-order valence-electron chi connectivity index (χ0n) is 15.0. The van der Waals surface area contributed by atoms with Crippen LogP contribution in [0.5, 0.6) is 0 Å². The van der Waals surface area contributed by atoms with Crippen LogP contribution in [0.4, 0.5) is 5.95 Å². The molecule has 1 aromatic rings. The molecule has 140 valence electrons. The highest BCUT2D eigenvalue weighted by Crippen LogP contribution is 2.59. The number of hydrogen-bond acceptors (Lipinski definition) is 6. The predicted molar refractivity (Wildman–Crippen MR) is 104 cm³/mol. The fourth-order valence-electron chi connectivity index (χ4n) is 3.37. The average Bonchev–Trinajstić information content (AvgIpc) is 3.40. The summed E-state index contributed by atoms with van der Waals surface area (Å²) < 4.78 is 11.2. The molecule has 2 aliphatic carbocycles. The Bertz CT molecular complexity index is 841. The van der Waals surface area contributed by atoms with E-state index in [-0.39, 0.29) is 17.8 Å². The minimum absolute atomic E-state index is 0.0809. The molecule has 1 aromatic heterocycles. The zero-order valence-corrected chi connectivity index (χ0v) is 15.0. The summed E-state index contributed by atoms with van der Waals surface area (Å²) in [6, 6.07) is 1.82. The number of hydrogen-bond donors (Lipinski definition) is 2. The molecule has 4 bridgehead atoms. The molecule has 0 radical (unpaired) electrons. The number of aliphatic hydroxyl groups excluding tert-OH is 1. The molecule has 0 amide bonds. The lowest BCUT2D eigenvalue weighted by Crippen LogP contribution is -2.17. The Morgan fingerprint density at radius 2 is 2.04 bits per heavy atom. The van der Waals surface area contributed by atoms with Gasteiger partial charge in [0.15, 0.2) is 0 Å². The highest BCUT2D eigenvalue weighted by Gasteiger charge is 2.55. The van der Waals surface area contributed by atoms with E-state index >= 15 is 0 Å². The second-order valence-corrected chi connectivity index (χ2v) is 6.92. The maximum atomic E-state index is 9.83. The zero-order chi connectivity index (χ0) is 18.5. The van der Waals surface area contributed by atoms with Crippen LogP contribution in [0, 0.1) is 11.3 Å². The smallest absolute Gasteiger partial charge is 0.227 e. The van der Waals surface area contributed by atoms with Gasteiger partial charge < -0.3 is 19.9 Å². The molecule has 6 nitrogen and oxygen atoms in total. The summed E-state index contributed by atoms with van der Waals surface area (Å²) in [5.74, 6) is 1.14. The Kier molecular flexibility index (Phi) is 5.18. The van der Waals surface area contributed by atoms with E-state index in [0.717, 1.165) is 17.8 Å². The highest BCUT2D eigenvalue weighted by atomic mass is 16.5. The first-order valence-electron chi connectivity index (χ1n) is 9.11. The van der Waals surface area contributed by atoms with Crippen molar-refractivity contribution in [3.8, 4) is 0 Å². The summed E-state index contributed by atoms with van der Waals surface area (Å²) in [5, 5.41) is 13.2. The molecule has 3 aliphatic rings. The van der Waals surface area contributed by atoms with Gasteiger partial charge in [-0.1, -0.05) is 30.4 Å². The van der Waals surface area contributed by atoms with Crippen LogP contribution in [0.25, 0.3) is 6.08 Å². The van der Waals surface area contributed by atoms with E-state index in [1.807, 2.05) is 24.3 Å². The van der Waals surface area contributed by atoms with Crippen LogP contribution in [0.1, 0.15) is 12.1 Å². The van der Waals surface area contributed by atoms with E-state index in [2.05, 4.69) is 33.5 Å². The van der Waals surface area contributed by atoms with Crippen LogP contribution in [0.15, 0.2) is 66.3 Å². The lowest BCUT2D eigenvalue weighted by molar-refractivity contribution is 0.124. The molecule has 1 fully saturated rings. The molecule has 27 heavy (non-hydrogen) atoms. The number of aliphatic hydroxyl groups is 1. The van der Waals surface area contributed by atoms with Crippen LogP contribution in [-0.4, -0.2) is 41.5 Å². The number of allylic oxidation sites excluding steroid dienone is 5. The van der Waals surface area contributed by atoms with Gasteiger partial charge in [-0.15, -0.1) is 0 Å². The van der Waals surface area contributed by atoms with Gasteiger partial charge >= 0.3 is 0 Å². The fourth-order valence-corrected chi connectivity index (χ4v) is 3.37. The Morgan fingerprint density at radius 1 is 1.15 bits per heavy atom. The number of nitrogens with zero attached hydrogens (tertiary/aromatic N) is 2. The summed E-state index contributed by atoms with van der Waals surface area (Å²) in [6.45, 7) is 1.83. The number of anilines is 1. The first kappa shape index (κ1) is 17.7. The van der Waals surface area contributed by atoms with Gasteiger partial charge in [0.2, 0.25) is 5.95 Å². The largest absolute Gasteiger partial charge is 0.510 e. The van der Waals surface area contributed by atoms with Gasteiger partial charge in [-0.05, 0) is 30.7 Å². The van der Waals surface area contributed by atoms with Crippen LogP contribution in [0.3, 0.4) is 0 Å². The summed E-state index contributed by atoms with van der Waals surface area (Å²) in [5.41, 5.74) is 1.97. The van der Waals surface area contributed by atoms with Gasteiger partial charge in [-0.3, -0.25) is 0 Å². The average molecular weight is 365 g/mol. The van der Waals surface area contributed by atoms with E-state index in [4.69, 9.17) is 9.47 Å². The van der Waals surface area contributed by atoms with Crippen molar-refractivity contribution < 1.29 is 14.6 Å². The standard InChI is InChI=1S/C21H23N3O3/c25-17-6-3-5-16-8-10-22-20(23-16)24-19-7-4-9-21(13-18(19)21)15-27-12-2-1-11-26-14-17/h1-10,18,25H,11-15H2,(H,22,23,24)/b2-1+,5-3+,17-6-. The Balaban J connectivity index is 1.54. The van der Waals surface area contributed by atoms with Crippen molar-refractivity contribution in [1.29, 1.82) is 0 Å². The van der Waals surface area contributed by atoms with E-state index in [0.29, 0.717) is 31.7 Å². The molecule has 4 rings (SSSR count). The third-order valence-corrected chi connectivity index (χ3v) is 4.90. The van der Waals surface area contributed by atoms with Crippen molar-refractivity contribution >= 4 is 12.0 Å². The number of aromatic nitrogens is 2. The number of nitrogens with one attached hydrogen (secondary N) is 1. The van der Waals surface area contributed by atoms with Gasteiger partial charge in [0.1, 0.15) is 12.4 Å². The first-order chi connectivity index (χ1) is 13.3. The monoisotopic (exact) mass is 365 g/mol. The van der Waals surface area contributed by atoms with Gasteiger partial charge in [0, 0.05) is 23.2 Å². The maximum absolute atomic E-state index is 9.83. The molecule has 0 spiro atoms. The molecule has 2 atom stereocenters. The number of ether oxygens (including phenoxy) is 2. The van der Waals surface area contributed by atoms with E-state index in [9.17, 15) is 5.11 Å². The SMILES string of the molecule is O/C1=C\C=C\c2ccnc(n2)NC2=CC=CC3(COC/C=C/COC1)CC23. The van der Waals surface area contributed by atoms with Crippen molar-refractivity contribution in [3.05, 3.63) is 71.9 Å². The summed E-state index contributed by atoms with van der Waals surface area (Å²) >= 11 is 0. The molecule has 2 N–H and O–H groups in total. The van der Waals surface area contributed by atoms with Gasteiger partial charge in [0.05, 0.1) is 25.5 Å². The summed E-state index contributed by atoms with van der Waals surface area (Å²) in [6.07, 6.45) is 18.2. The minimum atomic E-state index is 0.0809. The van der Waals surface area contributed by atoms with Crippen molar-refractivity contribution in [2.45, 2.75) is 6.42 Å². The maximum Gasteiger partial charge on any atom is 0.227 e. The highest BCUT2D eigenvalue weighted by molar-refractivity contribution is 5.51. The van der Waals surface area contributed by atoms with E-state index in [1.165, 1.54) is 0 Å². The second kappa shape index (κ2) is 7.90. The normalized spacial score (nSPS) is 32.2. The number of fused-ring (bicyclic) bond motifs is 2. The van der Waals surface area contributed by atoms with Gasteiger partial charge in [-0.2, -0.15) is 0 Å². The fraction of sp³-hybridized carbons (Fsp3) is 0.333. The lowest BCUT2D eigenvalue weighted by atomic mass is 9.98. The van der Waals surface area contributed by atoms with Crippen LogP contribution in [0.2, 0.25) is 0 Å². The van der Waals surface area contributed by atoms with E-state index in [1.54, 1.807) is 18.3 Å². The van der Waals surface area contributed by atoms with Crippen molar-refractivity contribution in [2.24, 2.45) is 11.3 Å². The van der Waals surface area contributed by atoms with Gasteiger partial charge in [-0.25, -0.2) is 9.97 Å². The minimum Gasteiger partial charge on any atom is -0.510 e. The quantitative estimate of drug-likeness (QED) is 0.686. The Hall–Kier alpha value is -2.70. The molecule has 1 aliphatic heterocycles. The molecule has 6 heteroatoms. The molecular formula is C21H23N3O3. The van der Waals surface area contributed by atoms with Crippen molar-refractivity contribution in [1.82, 2.24) is 9.97 Å². The molecule has 2 unspecified atom stereocenters. The first-order valence-corrected chi connectivity index (χ1v) is 9.11. The van der Waals surface area contributed by atoms with Crippen molar-refractivity contribution in [2.75, 3.05) is 31.7 Å². The number of rotatable bonds is 0. The Labute approximate surface area is 158 Å². The van der Waals surface area contributed by atoms with Crippen LogP contribution >= 0.6 is 0 Å². The predicted octanol–water partition coefficient (Wildman–Crippen LogP) is 3.41. The van der Waals surface area contributed by atoms with Crippen molar-refractivity contribution in [3.63, 3.8) is 0 Å². The lowest BCUT2D eigenvalue weighted by Gasteiger charge is -2.18. The second-order valence-electron chi connectivity index (χ2n) is 6.92.